The van der Waals surface area contributed by atoms with E-state index in [2.05, 4.69) is 20.9 Å². The molecular weight excluding hydrogens is 523 g/mol. The zero-order chi connectivity index (χ0) is 28.4. The van der Waals surface area contributed by atoms with Gasteiger partial charge < -0.3 is 34.7 Å². The van der Waals surface area contributed by atoms with Crippen LogP contribution in [0.4, 0.5) is 18.0 Å². The number of amides is 3. The number of ether oxygens (including phenoxy) is 2. The number of hydrogen-bond donors (Lipinski definition) is 3. The lowest BCUT2D eigenvalue weighted by Crippen LogP contribution is -2.45. The van der Waals surface area contributed by atoms with E-state index in [1.807, 2.05) is 0 Å². The quantitative estimate of drug-likeness (QED) is 0.491. The molecule has 3 amide bonds. The van der Waals surface area contributed by atoms with Crippen molar-refractivity contribution >= 4 is 17.9 Å². The molecular formula is C25H30F3N5O6. The topological polar surface area (TPSA) is 135 Å². The fraction of sp³-hybridized carbons (Fsp3) is 0.520. The van der Waals surface area contributed by atoms with Crippen molar-refractivity contribution in [3.63, 3.8) is 0 Å². The maximum absolute atomic E-state index is 13.3. The highest BCUT2D eigenvalue weighted by molar-refractivity contribution is 5.97. The van der Waals surface area contributed by atoms with Crippen molar-refractivity contribution in [1.29, 1.82) is 0 Å². The number of carbonyl (C=O) groups is 3. The standard InChI is InChI=1S/C25H30F3N5O6/c1-24(2,3)39-23(36)31-15-10-16-13-37-17-6-4-5-14(9-17)19-20(38-22(32-19)25(26,27)28)21(35)30-8-7-29-11-18(34)33(16)12-15/h4-6,9,15-16,29H,7-8,10-13H2,1-3H3,(H,30,35)(H,31,36)/t15-,16-/m0/s1. The number of alkyl halides is 3. The van der Waals surface area contributed by atoms with Crippen LogP contribution >= 0.6 is 0 Å². The van der Waals surface area contributed by atoms with Crippen molar-refractivity contribution in [2.24, 2.45) is 0 Å². The van der Waals surface area contributed by atoms with E-state index in [4.69, 9.17) is 13.9 Å². The number of alkyl carbamates (subject to hydrolysis) is 1. The first-order valence-electron chi connectivity index (χ1n) is 12.4. The van der Waals surface area contributed by atoms with Crippen molar-refractivity contribution < 1.29 is 41.4 Å². The molecule has 0 unspecified atom stereocenters. The first kappa shape index (κ1) is 28.2. The lowest BCUT2D eigenvalue weighted by atomic mass is 10.1. The minimum atomic E-state index is -4.89. The van der Waals surface area contributed by atoms with Gasteiger partial charge in [0.15, 0.2) is 0 Å². The predicted molar refractivity (Wildman–Crippen MR) is 131 cm³/mol. The number of fused-ring (bicyclic) bond motifs is 5. The summed E-state index contributed by atoms with van der Waals surface area (Å²) < 4.78 is 56.0. The number of aromatic nitrogens is 1. The molecule has 2 atom stereocenters. The van der Waals surface area contributed by atoms with Crippen LogP contribution in [0, 0.1) is 0 Å². The number of benzene rings is 1. The van der Waals surface area contributed by atoms with Crippen LogP contribution in [0.3, 0.4) is 0 Å². The molecule has 3 N–H and O–H groups in total. The monoisotopic (exact) mass is 553 g/mol. The Morgan fingerprint density at radius 2 is 1.97 bits per heavy atom. The van der Waals surface area contributed by atoms with Gasteiger partial charge in [-0.2, -0.15) is 13.2 Å². The van der Waals surface area contributed by atoms with E-state index in [-0.39, 0.29) is 61.7 Å². The number of nitrogens with zero attached hydrogens (tertiary/aromatic N) is 2. The van der Waals surface area contributed by atoms with Gasteiger partial charge in [-0.05, 0) is 39.3 Å². The van der Waals surface area contributed by atoms with Gasteiger partial charge in [0, 0.05) is 25.2 Å². The summed E-state index contributed by atoms with van der Waals surface area (Å²) in [6.45, 7) is 5.67. The van der Waals surface area contributed by atoms with E-state index < -0.39 is 41.5 Å². The summed E-state index contributed by atoms with van der Waals surface area (Å²) in [5.74, 6) is -2.95. The van der Waals surface area contributed by atoms with Crippen LogP contribution in [0.5, 0.6) is 5.75 Å². The highest BCUT2D eigenvalue weighted by Crippen LogP contribution is 2.34. The Balaban J connectivity index is 1.58. The molecule has 39 heavy (non-hydrogen) atoms. The second-order valence-corrected chi connectivity index (χ2v) is 10.2. The highest BCUT2D eigenvalue weighted by atomic mass is 19.4. The van der Waals surface area contributed by atoms with Gasteiger partial charge >= 0.3 is 18.2 Å². The molecule has 1 fully saturated rings. The fourth-order valence-corrected chi connectivity index (χ4v) is 4.32. The van der Waals surface area contributed by atoms with Gasteiger partial charge in [0.05, 0.1) is 18.6 Å². The maximum atomic E-state index is 13.3. The zero-order valence-electron chi connectivity index (χ0n) is 21.7. The van der Waals surface area contributed by atoms with Crippen LogP contribution < -0.4 is 20.7 Å². The molecule has 1 aromatic heterocycles. The lowest BCUT2D eigenvalue weighted by molar-refractivity contribution is -0.157. The average molecular weight is 554 g/mol. The highest BCUT2D eigenvalue weighted by Gasteiger charge is 2.40. The Labute approximate surface area is 222 Å². The SMILES string of the molecule is CC(C)(C)OC(=O)N[C@H]1C[C@H]2COc3cccc(c3)-c3nc(C(F)(F)F)oc3C(=O)NCCNCC(=O)N2C1. The number of hydrogen-bond acceptors (Lipinski definition) is 8. The Kier molecular flexibility index (Phi) is 8.04. The van der Waals surface area contributed by atoms with Gasteiger partial charge in [-0.25, -0.2) is 9.78 Å². The molecule has 0 aliphatic carbocycles. The molecule has 14 heteroatoms. The lowest BCUT2D eigenvalue weighted by Gasteiger charge is -2.25. The molecule has 3 heterocycles. The molecule has 4 rings (SSSR count). The zero-order valence-corrected chi connectivity index (χ0v) is 21.7. The summed E-state index contributed by atoms with van der Waals surface area (Å²) >= 11 is 0. The van der Waals surface area contributed by atoms with Crippen LogP contribution in [0.25, 0.3) is 11.3 Å². The largest absolute Gasteiger partial charge is 0.491 e. The summed E-state index contributed by atoms with van der Waals surface area (Å²) in [5.41, 5.74) is -0.769. The van der Waals surface area contributed by atoms with Gasteiger partial charge in [0.25, 0.3) is 5.91 Å². The van der Waals surface area contributed by atoms with Gasteiger partial charge in [-0.3, -0.25) is 9.59 Å². The molecule has 0 spiro atoms. The van der Waals surface area contributed by atoms with E-state index in [9.17, 15) is 27.6 Å². The Bertz CT molecular complexity index is 1230. The van der Waals surface area contributed by atoms with Crippen molar-refractivity contribution in [2.75, 3.05) is 32.8 Å². The minimum Gasteiger partial charge on any atom is -0.491 e. The molecule has 11 nitrogen and oxygen atoms in total. The third-order valence-electron chi connectivity index (χ3n) is 5.94. The van der Waals surface area contributed by atoms with Gasteiger partial charge in [-0.1, -0.05) is 12.1 Å². The summed E-state index contributed by atoms with van der Waals surface area (Å²) in [6.07, 6.45) is -5.08. The molecule has 2 aliphatic rings. The number of halogens is 3. The van der Waals surface area contributed by atoms with E-state index in [0.717, 1.165) is 0 Å². The molecule has 212 valence electrons. The summed E-state index contributed by atoms with van der Waals surface area (Å²) in [7, 11) is 0. The van der Waals surface area contributed by atoms with E-state index in [1.165, 1.54) is 12.1 Å². The third kappa shape index (κ3) is 7.19. The van der Waals surface area contributed by atoms with Gasteiger partial charge in [0.1, 0.15) is 23.7 Å². The maximum Gasteiger partial charge on any atom is 0.468 e. The number of rotatable bonds is 1. The fourth-order valence-electron chi connectivity index (χ4n) is 4.32. The van der Waals surface area contributed by atoms with Crippen LogP contribution in [-0.2, 0) is 15.7 Å². The van der Waals surface area contributed by atoms with Crippen molar-refractivity contribution in [1.82, 2.24) is 25.8 Å². The van der Waals surface area contributed by atoms with Crippen LogP contribution in [0.15, 0.2) is 28.7 Å². The molecule has 1 saturated heterocycles. The van der Waals surface area contributed by atoms with E-state index in [0.29, 0.717) is 6.42 Å². The molecule has 2 aromatic rings. The van der Waals surface area contributed by atoms with Gasteiger partial charge in [0.2, 0.25) is 11.7 Å². The predicted octanol–water partition coefficient (Wildman–Crippen LogP) is 2.57. The average Bonchev–Trinajstić information content (AvgIpc) is 3.45. The van der Waals surface area contributed by atoms with E-state index >= 15 is 0 Å². The minimum absolute atomic E-state index is 0.0169. The Morgan fingerprint density at radius 1 is 1.21 bits per heavy atom. The Hall–Kier alpha value is -3.81. The third-order valence-corrected chi connectivity index (χ3v) is 5.94. The number of nitrogens with one attached hydrogen (secondary N) is 3. The van der Waals surface area contributed by atoms with Crippen LogP contribution in [-0.4, -0.2) is 78.3 Å². The molecule has 2 bridgehead atoms. The normalized spacial score (nSPS) is 20.9. The van der Waals surface area contributed by atoms with Gasteiger partial charge in [-0.15, -0.1) is 0 Å². The summed E-state index contributed by atoms with van der Waals surface area (Å²) in [6, 6.07) is 5.30. The van der Waals surface area contributed by atoms with Crippen molar-refractivity contribution in [2.45, 2.75) is 51.1 Å². The van der Waals surface area contributed by atoms with Crippen LogP contribution in [0.1, 0.15) is 43.6 Å². The van der Waals surface area contributed by atoms with Crippen LogP contribution in [0.2, 0.25) is 0 Å². The molecule has 0 saturated carbocycles. The second kappa shape index (κ2) is 11.1. The molecule has 1 aromatic carbocycles. The first-order valence-corrected chi connectivity index (χ1v) is 12.4. The number of oxazole rings is 1. The summed E-state index contributed by atoms with van der Waals surface area (Å²) in [5, 5.41) is 8.19. The van der Waals surface area contributed by atoms with Crippen molar-refractivity contribution in [3.8, 4) is 17.0 Å². The molecule has 0 radical (unpaired) electrons. The smallest absolute Gasteiger partial charge is 0.468 e. The number of carbonyl (C=O) groups excluding carboxylic acids is 3. The Morgan fingerprint density at radius 3 is 2.69 bits per heavy atom. The second-order valence-electron chi connectivity index (χ2n) is 10.2. The first-order chi connectivity index (χ1) is 18.3. The van der Waals surface area contributed by atoms with E-state index in [1.54, 1.807) is 37.8 Å². The summed E-state index contributed by atoms with van der Waals surface area (Å²) in [4.78, 5) is 43.1. The van der Waals surface area contributed by atoms with Crippen molar-refractivity contribution in [3.05, 3.63) is 35.9 Å². The molecule has 2 aliphatic heterocycles.